The Morgan fingerprint density at radius 1 is 1.12 bits per heavy atom. The number of nitrogens with zero attached hydrogens (tertiary/aromatic N) is 1. The molecular formula is C23H34N4O5S. The highest BCUT2D eigenvalue weighted by Gasteiger charge is 2.40. The molecule has 1 aliphatic rings. The predicted molar refractivity (Wildman–Crippen MR) is 131 cm³/mol. The molecule has 33 heavy (non-hydrogen) atoms. The van der Waals surface area contributed by atoms with Crippen LogP contribution in [0.3, 0.4) is 0 Å². The number of urea groups is 1. The van der Waals surface area contributed by atoms with E-state index in [1.165, 1.54) is 16.7 Å². The van der Waals surface area contributed by atoms with Gasteiger partial charge in [-0.1, -0.05) is 39.8 Å². The maximum atomic E-state index is 13.4. The molecule has 0 saturated heterocycles. The SMILES string of the molecule is CSCCC(NC(=O)C(CC(C)C)NC(=O)N1c2ccccc2NC(=O)C1C(C)C)C(=O)O. The molecule has 1 aliphatic heterocycles. The molecule has 0 radical (unpaired) electrons. The van der Waals surface area contributed by atoms with Gasteiger partial charge in [0.2, 0.25) is 11.8 Å². The summed E-state index contributed by atoms with van der Waals surface area (Å²) in [5.41, 5.74) is 1.06. The number of carboxylic acid groups (broad SMARTS) is 1. The number of carbonyl (C=O) groups excluding carboxylic acids is 3. The second-order valence-electron chi connectivity index (χ2n) is 8.88. The van der Waals surface area contributed by atoms with Gasteiger partial charge in [0.1, 0.15) is 18.1 Å². The third kappa shape index (κ3) is 6.86. The second kappa shape index (κ2) is 11.9. The van der Waals surface area contributed by atoms with E-state index in [4.69, 9.17) is 0 Å². The summed E-state index contributed by atoms with van der Waals surface area (Å²) in [6, 6.07) is 3.68. The van der Waals surface area contributed by atoms with Gasteiger partial charge in [-0.25, -0.2) is 9.59 Å². The van der Waals surface area contributed by atoms with Crippen LogP contribution in [0.2, 0.25) is 0 Å². The monoisotopic (exact) mass is 478 g/mol. The quantitative estimate of drug-likeness (QED) is 0.409. The zero-order valence-corrected chi connectivity index (χ0v) is 20.6. The summed E-state index contributed by atoms with van der Waals surface area (Å²) in [6.07, 6.45) is 2.46. The molecule has 4 N–H and O–H groups in total. The van der Waals surface area contributed by atoms with Crippen molar-refractivity contribution in [3.8, 4) is 0 Å². The van der Waals surface area contributed by atoms with Gasteiger partial charge in [0.15, 0.2) is 0 Å². The summed E-state index contributed by atoms with van der Waals surface area (Å²) in [7, 11) is 0. The lowest BCUT2D eigenvalue weighted by Gasteiger charge is -2.39. The fraction of sp³-hybridized carbons (Fsp3) is 0.565. The summed E-state index contributed by atoms with van der Waals surface area (Å²) in [4.78, 5) is 52.2. The summed E-state index contributed by atoms with van der Waals surface area (Å²) >= 11 is 1.49. The van der Waals surface area contributed by atoms with E-state index < -0.39 is 36.0 Å². The van der Waals surface area contributed by atoms with Gasteiger partial charge in [0, 0.05) is 0 Å². The van der Waals surface area contributed by atoms with Gasteiger partial charge in [-0.15, -0.1) is 0 Å². The molecule has 3 atom stereocenters. The van der Waals surface area contributed by atoms with Gasteiger partial charge >= 0.3 is 12.0 Å². The van der Waals surface area contributed by atoms with Crippen molar-refractivity contribution in [2.45, 2.75) is 58.7 Å². The lowest BCUT2D eigenvalue weighted by atomic mass is 9.97. The second-order valence-corrected chi connectivity index (χ2v) is 9.86. The van der Waals surface area contributed by atoms with E-state index in [0.717, 1.165) is 0 Å². The maximum Gasteiger partial charge on any atom is 0.326 e. The minimum absolute atomic E-state index is 0.0633. The molecular weight excluding hydrogens is 444 g/mol. The first-order chi connectivity index (χ1) is 15.6. The van der Waals surface area contributed by atoms with E-state index in [2.05, 4.69) is 16.0 Å². The van der Waals surface area contributed by atoms with Crippen LogP contribution in [-0.2, 0) is 14.4 Å². The van der Waals surface area contributed by atoms with Crippen LogP contribution in [0.4, 0.5) is 16.2 Å². The van der Waals surface area contributed by atoms with E-state index in [0.29, 0.717) is 23.5 Å². The minimum atomic E-state index is -1.12. The Morgan fingerprint density at radius 3 is 2.36 bits per heavy atom. The van der Waals surface area contributed by atoms with Gasteiger partial charge in [-0.2, -0.15) is 11.8 Å². The number of fused-ring (bicyclic) bond motifs is 1. The van der Waals surface area contributed by atoms with Crippen molar-refractivity contribution in [3.05, 3.63) is 24.3 Å². The Morgan fingerprint density at radius 2 is 1.79 bits per heavy atom. The molecule has 0 aromatic heterocycles. The fourth-order valence-electron chi connectivity index (χ4n) is 3.79. The number of hydrogen-bond donors (Lipinski definition) is 4. The Bertz CT molecular complexity index is 876. The van der Waals surface area contributed by atoms with E-state index in [-0.39, 0.29) is 24.2 Å². The van der Waals surface area contributed by atoms with Crippen molar-refractivity contribution in [3.63, 3.8) is 0 Å². The van der Waals surface area contributed by atoms with Gasteiger partial charge in [0.05, 0.1) is 11.4 Å². The van der Waals surface area contributed by atoms with E-state index in [1.54, 1.807) is 24.3 Å². The first kappa shape index (κ1) is 26.5. The summed E-state index contributed by atoms with van der Waals surface area (Å²) in [5, 5.41) is 17.6. The normalized spacial score (nSPS) is 17.2. The molecule has 0 spiro atoms. The number of para-hydroxylation sites is 2. The summed E-state index contributed by atoms with van der Waals surface area (Å²) in [6.45, 7) is 7.52. The van der Waals surface area contributed by atoms with Crippen LogP contribution in [0, 0.1) is 11.8 Å². The molecule has 2 rings (SSSR count). The van der Waals surface area contributed by atoms with E-state index >= 15 is 0 Å². The lowest BCUT2D eigenvalue weighted by Crippen LogP contribution is -2.60. The van der Waals surface area contributed by atoms with Crippen molar-refractivity contribution >= 4 is 47.0 Å². The molecule has 0 fully saturated rings. The molecule has 1 aromatic carbocycles. The number of carboxylic acids is 1. The number of hydrogen-bond acceptors (Lipinski definition) is 5. The van der Waals surface area contributed by atoms with Crippen molar-refractivity contribution in [2.24, 2.45) is 11.8 Å². The number of amides is 4. The van der Waals surface area contributed by atoms with E-state index in [1.807, 2.05) is 34.0 Å². The van der Waals surface area contributed by atoms with Crippen molar-refractivity contribution in [1.82, 2.24) is 10.6 Å². The number of anilines is 2. The highest BCUT2D eigenvalue weighted by Crippen LogP contribution is 2.34. The minimum Gasteiger partial charge on any atom is -0.480 e. The van der Waals surface area contributed by atoms with Crippen LogP contribution >= 0.6 is 11.8 Å². The standard InChI is InChI=1S/C23H34N4O5S/c1-13(2)12-17(20(28)25-16(22(30)31)10-11-33-5)26-23(32)27-18-9-7-6-8-15(18)24-21(29)19(27)14(3)4/h6-9,13-14,16-17,19H,10-12H2,1-5H3,(H,24,29)(H,25,28)(H,26,32)(H,30,31). The highest BCUT2D eigenvalue weighted by atomic mass is 32.2. The van der Waals surface area contributed by atoms with Crippen molar-refractivity contribution in [1.29, 1.82) is 0 Å². The van der Waals surface area contributed by atoms with E-state index in [9.17, 15) is 24.3 Å². The average Bonchev–Trinajstić information content (AvgIpc) is 2.74. The Hall–Kier alpha value is -2.75. The number of aliphatic carboxylic acids is 1. The van der Waals surface area contributed by atoms with Crippen molar-refractivity contribution in [2.75, 3.05) is 22.2 Å². The molecule has 1 aromatic rings. The summed E-state index contributed by atoms with van der Waals surface area (Å²) < 4.78 is 0. The van der Waals surface area contributed by atoms with Crippen LogP contribution < -0.4 is 20.9 Å². The van der Waals surface area contributed by atoms with Gasteiger partial charge in [-0.3, -0.25) is 14.5 Å². The largest absolute Gasteiger partial charge is 0.480 e. The lowest BCUT2D eigenvalue weighted by molar-refractivity contribution is -0.142. The fourth-order valence-corrected chi connectivity index (χ4v) is 4.26. The molecule has 0 bridgehead atoms. The molecule has 3 unspecified atom stereocenters. The van der Waals surface area contributed by atoms with Gasteiger partial charge in [0.25, 0.3) is 0 Å². The van der Waals surface area contributed by atoms with Crippen LogP contribution in [0.5, 0.6) is 0 Å². The van der Waals surface area contributed by atoms with Crippen molar-refractivity contribution < 1.29 is 24.3 Å². The highest BCUT2D eigenvalue weighted by molar-refractivity contribution is 7.98. The number of thioether (sulfide) groups is 1. The number of rotatable bonds is 10. The number of carbonyl (C=O) groups is 4. The number of benzene rings is 1. The summed E-state index contributed by atoms with van der Waals surface area (Å²) in [5.74, 6) is -1.51. The Labute approximate surface area is 199 Å². The topological polar surface area (TPSA) is 128 Å². The predicted octanol–water partition coefficient (Wildman–Crippen LogP) is 2.92. The Balaban J connectivity index is 2.30. The van der Waals surface area contributed by atoms with Crippen LogP contribution in [0.15, 0.2) is 24.3 Å². The molecule has 182 valence electrons. The number of nitrogens with one attached hydrogen (secondary N) is 3. The first-order valence-corrected chi connectivity index (χ1v) is 12.5. The Kier molecular flexibility index (Phi) is 9.57. The molecule has 4 amide bonds. The van der Waals surface area contributed by atoms with Crippen LogP contribution in [0.1, 0.15) is 40.5 Å². The van der Waals surface area contributed by atoms with Gasteiger partial charge in [-0.05, 0) is 48.8 Å². The average molecular weight is 479 g/mol. The van der Waals surface area contributed by atoms with Crippen LogP contribution in [0.25, 0.3) is 0 Å². The zero-order chi connectivity index (χ0) is 24.7. The third-order valence-corrected chi connectivity index (χ3v) is 6.01. The molecule has 9 nitrogen and oxygen atoms in total. The zero-order valence-electron chi connectivity index (χ0n) is 19.8. The third-order valence-electron chi connectivity index (χ3n) is 5.37. The van der Waals surface area contributed by atoms with Gasteiger partial charge < -0.3 is 21.1 Å². The molecule has 10 heteroatoms. The maximum absolute atomic E-state index is 13.4. The first-order valence-electron chi connectivity index (χ1n) is 11.1. The smallest absolute Gasteiger partial charge is 0.326 e. The van der Waals surface area contributed by atoms with Crippen LogP contribution in [-0.4, -0.2) is 59.1 Å². The molecule has 1 heterocycles. The molecule has 0 saturated carbocycles. The molecule has 0 aliphatic carbocycles.